The number of likely N-dealkylation sites (N-methyl/N-ethyl adjacent to an activating group) is 1. The Morgan fingerprint density at radius 3 is 2.59 bits per heavy atom. The molecule has 4 N–H and O–H groups in total. The van der Waals surface area contributed by atoms with E-state index in [2.05, 4.69) is 26.4 Å². The van der Waals surface area contributed by atoms with Gasteiger partial charge in [-0.15, -0.1) is 0 Å². The molecule has 0 saturated heterocycles. The number of amides is 4. The van der Waals surface area contributed by atoms with Crippen molar-refractivity contribution in [2.24, 2.45) is 30.7 Å². The smallest absolute Gasteiger partial charge is 0.287 e. The first-order chi connectivity index (χ1) is 19.6. The number of Topliss-reactive ketones (excluding diaryl/α,β-unsaturated/α-hetero) is 1. The average Bonchev–Trinajstić information content (AvgIpc) is 3.58. The summed E-state index contributed by atoms with van der Waals surface area (Å²) in [4.78, 5) is 75.7. The molecule has 6 rings (SSSR count). The zero-order chi connectivity index (χ0) is 29.3. The Morgan fingerprint density at radius 1 is 1.10 bits per heavy atom. The topological polar surface area (TPSA) is 173 Å². The summed E-state index contributed by atoms with van der Waals surface area (Å²) in [5, 5.41) is 14.4. The fraction of sp³-hybridized carbons (Fsp3) is 0.536. The van der Waals surface area contributed by atoms with E-state index in [-0.39, 0.29) is 42.6 Å². The second-order valence-electron chi connectivity index (χ2n) is 11.4. The van der Waals surface area contributed by atoms with Gasteiger partial charge in [0.2, 0.25) is 17.6 Å². The molecule has 4 fully saturated rings. The number of pyridine rings is 1. The van der Waals surface area contributed by atoms with Gasteiger partial charge in [-0.3, -0.25) is 33.4 Å². The SMILES string of the molecule is CNC(=O)C(=O)CC[C@H](NC(=O)c1cnn(C)c1)C(=O)Nc1cccn(CC(=O)NC2C3CC4CC(C3)C2C4)c1=O. The highest BCUT2D eigenvalue weighted by atomic mass is 16.2. The van der Waals surface area contributed by atoms with Gasteiger partial charge in [-0.05, 0) is 67.9 Å². The third kappa shape index (κ3) is 6.08. The Labute approximate surface area is 236 Å². The summed E-state index contributed by atoms with van der Waals surface area (Å²) in [6.45, 7) is -0.186. The van der Waals surface area contributed by atoms with E-state index in [0.717, 1.165) is 12.3 Å². The highest BCUT2D eigenvalue weighted by molar-refractivity contribution is 6.36. The molecule has 2 heterocycles. The van der Waals surface area contributed by atoms with Crippen LogP contribution >= 0.6 is 0 Å². The van der Waals surface area contributed by atoms with Crippen LogP contribution in [0, 0.1) is 23.7 Å². The first-order valence-corrected chi connectivity index (χ1v) is 14.0. The number of aromatic nitrogens is 3. The molecule has 41 heavy (non-hydrogen) atoms. The van der Waals surface area contributed by atoms with E-state index in [0.29, 0.717) is 17.8 Å². The summed E-state index contributed by atoms with van der Waals surface area (Å²) < 4.78 is 2.65. The van der Waals surface area contributed by atoms with Gasteiger partial charge in [0.05, 0.1) is 11.8 Å². The molecule has 0 aliphatic heterocycles. The number of rotatable bonds is 11. The van der Waals surface area contributed by atoms with Crippen molar-refractivity contribution in [3.05, 3.63) is 46.6 Å². The van der Waals surface area contributed by atoms with Crippen molar-refractivity contribution in [3.63, 3.8) is 0 Å². The lowest BCUT2D eigenvalue weighted by atomic mass is 9.79. The predicted molar refractivity (Wildman–Crippen MR) is 146 cm³/mol. The van der Waals surface area contributed by atoms with Crippen LogP contribution in [0.5, 0.6) is 0 Å². The van der Waals surface area contributed by atoms with Crippen molar-refractivity contribution < 1.29 is 24.0 Å². The number of anilines is 1. The summed E-state index contributed by atoms with van der Waals surface area (Å²) in [7, 11) is 2.95. The molecule has 2 aromatic heterocycles. The molecule has 4 bridgehead atoms. The van der Waals surface area contributed by atoms with Gasteiger partial charge in [0.15, 0.2) is 0 Å². The summed E-state index contributed by atoms with van der Waals surface area (Å²) in [6, 6.07) is 1.87. The summed E-state index contributed by atoms with van der Waals surface area (Å²) in [6.07, 6.45) is 8.53. The summed E-state index contributed by atoms with van der Waals surface area (Å²) in [5.41, 5.74) is -0.467. The minimum absolute atomic E-state index is 0.0814. The van der Waals surface area contributed by atoms with Crippen LogP contribution < -0.4 is 26.8 Å². The van der Waals surface area contributed by atoms with Gasteiger partial charge in [0.25, 0.3) is 17.4 Å². The van der Waals surface area contributed by atoms with Crippen LogP contribution in [0.1, 0.15) is 48.9 Å². The van der Waals surface area contributed by atoms with Crippen molar-refractivity contribution in [2.75, 3.05) is 12.4 Å². The fourth-order valence-electron chi connectivity index (χ4n) is 6.90. The average molecular weight is 566 g/mol. The predicted octanol–water partition coefficient (Wildman–Crippen LogP) is -0.0350. The molecule has 4 aliphatic rings. The van der Waals surface area contributed by atoms with E-state index < -0.39 is 35.1 Å². The van der Waals surface area contributed by atoms with Gasteiger partial charge in [0.1, 0.15) is 18.3 Å². The number of carbonyl (C=O) groups is 5. The highest BCUT2D eigenvalue weighted by Gasteiger charge is 2.54. The third-order valence-corrected chi connectivity index (χ3v) is 8.71. The number of hydrogen-bond acceptors (Lipinski definition) is 7. The van der Waals surface area contributed by atoms with Gasteiger partial charge in [-0.1, -0.05) is 0 Å². The molecule has 6 atom stereocenters. The van der Waals surface area contributed by atoms with Crippen LogP contribution in [0.4, 0.5) is 5.69 Å². The maximum Gasteiger partial charge on any atom is 0.287 e. The molecule has 218 valence electrons. The van der Waals surface area contributed by atoms with Crippen LogP contribution in [0.15, 0.2) is 35.5 Å². The van der Waals surface area contributed by atoms with Crippen molar-refractivity contribution in [1.82, 2.24) is 30.3 Å². The zero-order valence-electron chi connectivity index (χ0n) is 23.1. The quantitative estimate of drug-likeness (QED) is 0.277. The molecule has 4 saturated carbocycles. The molecule has 13 heteroatoms. The molecule has 0 spiro atoms. The van der Waals surface area contributed by atoms with Crippen LogP contribution in [-0.4, -0.2) is 62.9 Å². The highest BCUT2D eigenvalue weighted by Crippen LogP contribution is 2.58. The van der Waals surface area contributed by atoms with E-state index >= 15 is 0 Å². The lowest BCUT2D eigenvalue weighted by Crippen LogP contribution is -2.46. The molecule has 0 radical (unpaired) electrons. The van der Waals surface area contributed by atoms with Crippen LogP contribution in [-0.2, 0) is 32.8 Å². The molecule has 5 unspecified atom stereocenters. The molecular formula is C28H35N7O6. The maximum atomic E-state index is 13.2. The monoisotopic (exact) mass is 565 g/mol. The summed E-state index contributed by atoms with van der Waals surface area (Å²) >= 11 is 0. The minimum Gasteiger partial charge on any atom is -0.353 e. The lowest BCUT2D eigenvalue weighted by Gasteiger charge is -2.32. The van der Waals surface area contributed by atoms with Crippen molar-refractivity contribution in [3.8, 4) is 0 Å². The number of ketones is 1. The van der Waals surface area contributed by atoms with E-state index in [9.17, 15) is 28.8 Å². The molecule has 2 aromatic rings. The van der Waals surface area contributed by atoms with Gasteiger partial charge < -0.3 is 25.8 Å². The molecule has 13 nitrogen and oxygen atoms in total. The molecule has 4 amide bonds. The van der Waals surface area contributed by atoms with E-state index in [1.165, 1.54) is 60.2 Å². The first-order valence-electron chi connectivity index (χ1n) is 14.0. The molecule has 0 aromatic carbocycles. The number of nitrogens with zero attached hydrogens (tertiary/aromatic N) is 3. The van der Waals surface area contributed by atoms with E-state index in [1.54, 1.807) is 13.1 Å². The Balaban J connectivity index is 1.24. The van der Waals surface area contributed by atoms with Crippen molar-refractivity contribution in [2.45, 2.75) is 57.2 Å². The zero-order valence-corrected chi connectivity index (χ0v) is 23.1. The normalized spacial score (nSPS) is 24.5. The third-order valence-electron chi connectivity index (χ3n) is 8.71. The maximum absolute atomic E-state index is 13.2. The Bertz CT molecular complexity index is 1430. The standard InChI is InChI=1S/C28H35N7O6/c1-29-27(40)22(36)6-5-20(31-25(38)18-12-30-34(2)13-18)26(39)32-21-4-3-7-35(28(21)41)14-23(37)33-24-17-9-15-8-16(11-17)19(24)10-15/h3-4,7,12-13,15-17,19-20,24H,5-6,8-11,14H2,1-2H3,(H,29,40)(H,31,38)(H,32,39)(H,33,37)/t15?,16?,17?,19?,20-,24?/m0/s1. The number of carbonyl (C=O) groups excluding carboxylic acids is 5. The van der Waals surface area contributed by atoms with Crippen molar-refractivity contribution >= 4 is 35.1 Å². The van der Waals surface area contributed by atoms with Gasteiger partial charge >= 0.3 is 0 Å². The Hall–Kier alpha value is -4.29. The Morgan fingerprint density at radius 2 is 1.88 bits per heavy atom. The molecule has 4 aliphatic carbocycles. The van der Waals surface area contributed by atoms with E-state index in [4.69, 9.17) is 0 Å². The van der Waals surface area contributed by atoms with Gasteiger partial charge in [0, 0.05) is 39.0 Å². The minimum atomic E-state index is -1.24. The van der Waals surface area contributed by atoms with Crippen molar-refractivity contribution in [1.29, 1.82) is 0 Å². The second-order valence-corrected chi connectivity index (χ2v) is 11.4. The second kappa shape index (κ2) is 11.7. The van der Waals surface area contributed by atoms with Gasteiger partial charge in [-0.25, -0.2) is 0 Å². The summed E-state index contributed by atoms with van der Waals surface area (Å²) in [5.74, 6) is -0.639. The lowest BCUT2D eigenvalue weighted by molar-refractivity contribution is -0.137. The van der Waals surface area contributed by atoms with E-state index in [1.807, 2.05) is 0 Å². The van der Waals surface area contributed by atoms with Crippen LogP contribution in [0.2, 0.25) is 0 Å². The van der Waals surface area contributed by atoms with Gasteiger partial charge in [-0.2, -0.15) is 5.10 Å². The number of aryl methyl sites for hydroxylation is 1. The molecular weight excluding hydrogens is 530 g/mol. The largest absolute Gasteiger partial charge is 0.353 e. The fourth-order valence-corrected chi connectivity index (χ4v) is 6.90. The van der Waals surface area contributed by atoms with Crippen LogP contribution in [0.3, 0.4) is 0 Å². The van der Waals surface area contributed by atoms with Crippen LogP contribution in [0.25, 0.3) is 0 Å². The Kier molecular flexibility index (Phi) is 8.04. The first kappa shape index (κ1) is 28.2. The number of hydrogen-bond donors (Lipinski definition) is 4. The number of nitrogens with one attached hydrogen (secondary N) is 4.